The summed E-state index contributed by atoms with van der Waals surface area (Å²) in [6.07, 6.45) is 3.01. The molecule has 0 bridgehead atoms. The lowest BCUT2D eigenvalue weighted by atomic mass is 9.93. The number of carbonyl (C=O) groups is 1. The number of hydrogen-bond acceptors (Lipinski definition) is 5. The van der Waals surface area contributed by atoms with Crippen LogP contribution in [-0.2, 0) is 24.7 Å². The van der Waals surface area contributed by atoms with Crippen molar-refractivity contribution in [2.75, 3.05) is 24.6 Å². The number of nitrogens with zero attached hydrogens (tertiary/aromatic N) is 1. The summed E-state index contributed by atoms with van der Waals surface area (Å²) in [6, 6.07) is 6.62. The van der Waals surface area contributed by atoms with E-state index in [9.17, 15) is 21.6 Å². The lowest BCUT2D eigenvalue weighted by Gasteiger charge is -2.31. The number of rotatable bonds is 6. The molecule has 2 heterocycles. The Morgan fingerprint density at radius 1 is 1.14 bits per heavy atom. The summed E-state index contributed by atoms with van der Waals surface area (Å²) < 4.78 is 49.9. The van der Waals surface area contributed by atoms with E-state index in [4.69, 9.17) is 0 Å². The Morgan fingerprint density at radius 3 is 2.36 bits per heavy atom. The average molecular weight is 429 g/mol. The Hall–Kier alpha value is -1.45. The molecule has 2 fully saturated rings. The van der Waals surface area contributed by atoms with Crippen LogP contribution in [0.15, 0.2) is 29.2 Å². The maximum atomic E-state index is 12.7. The molecule has 1 aromatic carbocycles. The van der Waals surface area contributed by atoms with Crippen LogP contribution in [0.25, 0.3) is 0 Å². The van der Waals surface area contributed by atoms with Crippen molar-refractivity contribution in [1.82, 2.24) is 9.62 Å². The maximum Gasteiger partial charge on any atom is 0.243 e. The second-order valence-corrected chi connectivity index (χ2v) is 12.0. The molecule has 1 N–H and O–H groups in total. The van der Waals surface area contributed by atoms with Gasteiger partial charge in [0.1, 0.15) is 0 Å². The van der Waals surface area contributed by atoms with Gasteiger partial charge in [-0.1, -0.05) is 17.7 Å². The topological polar surface area (TPSA) is 101 Å². The second-order valence-electron chi connectivity index (χ2n) is 7.87. The first-order chi connectivity index (χ1) is 13.2. The monoisotopic (exact) mass is 428 g/mol. The third-order valence-corrected chi connectivity index (χ3v) is 9.29. The number of aryl methyl sites for hydroxylation is 1. The van der Waals surface area contributed by atoms with Crippen LogP contribution in [0, 0.1) is 12.8 Å². The highest BCUT2D eigenvalue weighted by molar-refractivity contribution is 7.91. The van der Waals surface area contributed by atoms with Crippen LogP contribution in [0.5, 0.6) is 0 Å². The Morgan fingerprint density at radius 2 is 1.79 bits per heavy atom. The minimum Gasteiger partial charge on any atom is -0.352 e. The molecule has 3 rings (SSSR count). The van der Waals surface area contributed by atoms with E-state index in [0.717, 1.165) is 18.4 Å². The van der Waals surface area contributed by atoms with Crippen molar-refractivity contribution >= 4 is 25.8 Å². The van der Waals surface area contributed by atoms with Gasteiger partial charge in [-0.25, -0.2) is 16.8 Å². The Labute approximate surface area is 167 Å². The van der Waals surface area contributed by atoms with Gasteiger partial charge in [0.25, 0.3) is 0 Å². The molecule has 9 heteroatoms. The van der Waals surface area contributed by atoms with E-state index < -0.39 is 19.9 Å². The van der Waals surface area contributed by atoms with Crippen LogP contribution in [0.2, 0.25) is 0 Å². The van der Waals surface area contributed by atoms with E-state index in [1.165, 1.54) is 4.31 Å². The summed E-state index contributed by atoms with van der Waals surface area (Å²) in [6.45, 7) is 2.84. The predicted octanol–water partition coefficient (Wildman–Crippen LogP) is 1.48. The van der Waals surface area contributed by atoms with E-state index in [2.05, 4.69) is 5.32 Å². The van der Waals surface area contributed by atoms with E-state index in [1.54, 1.807) is 24.3 Å². The van der Waals surface area contributed by atoms with Crippen molar-refractivity contribution in [2.45, 2.75) is 50.0 Å². The lowest BCUT2D eigenvalue weighted by molar-refractivity contribution is -0.122. The molecule has 156 valence electrons. The number of benzene rings is 1. The number of amides is 1. The third-order valence-electron chi connectivity index (χ3n) is 5.61. The molecule has 1 unspecified atom stereocenters. The summed E-state index contributed by atoms with van der Waals surface area (Å²) in [5, 5.41) is 2.81. The number of carbonyl (C=O) groups excluding carboxylic acids is 1. The average Bonchev–Trinajstić information content (AvgIpc) is 2.99. The number of nitrogens with one attached hydrogen (secondary N) is 1. The molecule has 2 saturated heterocycles. The highest BCUT2D eigenvalue weighted by atomic mass is 32.2. The molecule has 0 aliphatic carbocycles. The summed E-state index contributed by atoms with van der Waals surface area (Å²) >= 11 is 0. The zero-order valence-corrected chi connectivity index (χ0v) is 17.8. The maximum absolute atomic E-state index is 12.7. The van der Waals surface area contributed by atoms with Gasteiger partial charge in [0.2, 0.25) is 15.9 Å². The van der Waals surface area contributed by atoms with Gasteiger partial charge in [0.15, 0.2) is 9.84 Å². The van der Waals surface area contributed by atoms with Gasteiger partial charge in [-0.2, -0.15) is 4.31 Å². The van der Waals surface area contributed by atoms with Crippen LogP contribution >= 0.6 is 0 Å². The van der Waals surface area contributed by atoms with E-state index in [-0.39, 0.29) is 23.5 Å². The van der Waals surface area contributed by atoms with Gasteiger partial charge in [0, 0.05) is 25.6 Å². The van der Waals surface area contributed by atoms with Gasteiger partial charge in [-0.3, -0.25) is 4.79 Å². The van der Waals surface area contributed by atoms with Crippen LogP contribution in [0.1, 0.15) is 37.7 Å². The van der Waals surface area contributed by atoms with Gasteiger partial charge in [-0.15, -0.1) is 0 Å². The van der Waals surface area contributed by atoms with E-state index in [1.807, 2.05) is 6.92 Å². The summed E-state index contributed by atoms with van der Waals surface area (Å²) in [7, 11) is -6.46. The SMILES string of the molecule is Cc1ccc(S(=O)(=O)N2CCC(CCC(=O)NC3CCS(=O)(=O)C3)CC2)cc1. The molecule has 1 amide bonds. The predicted molar refractivity (Wildman–Crippen MR) is 107 cm³/mol. The smallest absolute Gasteiger partial charge is 0.243 e. The molecular weight excluding hydrogens is 400 g/mol. The molecule has 2 aliphatic rings. The molecule has 1 aromatic rings. The molecule has 2 aliphatic heterocycles. The quantitative estimate of drug-likeness (QED) is 0.740. The fraction of sp³-hybridized carbons (Fsp3) is 0.632. The van der Waals surface area contributed by atoms with Gasteiger partial charge in [-0.05, 0) is 50.7 Å². The largest absolute Gasteiger partial charge is 0.352 e. The summed E-state index contributed by atoms with van der Waals surface area (Å²) in [4.78, 5) is 12.4. The van der Waals surface area contributed by atoms with Crippen LogP contribution in [0.3, 0.4) is 0 Å². The fourth-order valence-corrected chi connectivity index (χ4v) is 6.98. The normalized spacial score (nSPS) is 23.5. The van der Waals surface area contributed by atoms with Crippen molar-refractivity contribution < 1.29 is 21.6 Å². The first kappa shape index (κ1) is 21.3. The van der Waals surface area contributed by atoms with Crippen molar-refractivity contribution in [2.24, 2.45) is 5.92 Å². The molecule has 7 nitrogen and oxygen atoms in total. The van der Waals surface area contributed by atoms with E-state index >= 15 is 0 Å². The van der Waals surface area contributed by atoms with Crippen molar-refractivity contribution in [3.8, 4) is 0 Å². The standard InChI is InChI=1S/C19H28N2O5S2/c1-15-2-5-18(6-3-15)28(25,26)21-11-8-16(9-12-21)4-7-19(22)20-17-10-13-27(23,24)14-17/h2-3,5-6,16-17H,4,7-14H2,1H3,(H,20,22). The fourth-order valence-electron chi connectivity index (χ4n) is 3.84. The van der Waals surface area contributed by atoms with Crippen LogP contribution in [-0.4, -0.2) is 57.7 Å². The highest BCUT2D eigenvalue weighted by Gasteiger charge is 2.31. The van der Waals surface area contributed by atoms with Gasteiger partial charge >= 0.3 is 0 Å². The molecule has 28 heavy (non-hydrogen) atoms. The minimum atomic E-state index is -3.46. The number of sulfone groups is 1. The molecule has 1 atom stereocenters. The zero-order chi connectivity index (χ0) is 20.4. The van der Waals surface area contributed by atoms with Gasteiger partial charge < -0.3 is 5.32 Å². The highest BCUT2D eigenvalue weighted by Crippen LogP contribution is 2.26. The summed E-state index contributed by atoms with van der Waals surface area (Å²) in [5.74, 6) is 0.374. The minimum absolute atomic E-state index is 0.0357. The third kappa shape index (κ3) is 5.33. The van der Waals surface area contributed by atoms with Crippen LogP contribution < -0.4 is 5.32 Å². The Balaban J connectivity index is 1.44. The molecule has 0 radical (unpaired) electrons. The summed E-state index contributed by atoms with van der Waals surface area (Å²) in [5.41, 5.74) is 1.02. The lowest BCUT2D eigenvalue weighted by Crippen LogP contribution is -2.39. The molecule has 0 saturated carbocycles. The van der Waals surface area contributed by atoms with E-state index in [0.29, 0.717) is 43.2 Å². The van der Waals surface area contributed by atoms with Crippen LogP contribution in [0.4, 0.5) is 0 Å². The Kier molecular flexibility index (Phi) is 6.46. The number of piperidine rings is 1. The Bertz CT molecular complexity index is 902. The number of hydrogen-bond donors (Lipinski definition) is 1. The number of sulfonamides is 1. The first-order valence-electron chi connectivity index (χ1n) is 9.72. The first-order valence-corrected chi connectivity index (χ1v) is 13.0. The molecular formula is C19H28N2O5S2. The zero-order valence-electron chi connectivity index (χ0n) is 16.1. The molecule has 0 spiro atoms. The second kappa shape index (κ2) is 8.51. The van der Waals surface area contributed by atoms with Gasteiger partial charge in [0.05, 0.1) is 16.4 Å². The van der Waals surface area contributed by atoms with Crippen molar-refractivity contribution in [3.63, 3.8) is 0 Å². The molecule has 0 aromatic heterocycles. The van der Waals surface area contributed by atoms with Crippen molar-refractivity contribution in [3.05, 3.63) is 29.8 Å². The van der Waals surface area contributed by atoms with Crippen molar-refractivity contribution in [1.29, 1.82) is 0 Å².